The zero-order valence-electron chi connectivity index (χ0n) is 17.7. The van der Waals surface area contributed by atoms with Crippen LogP contribution in [0.4, 0.5) is 0 Å². The average molecular weight is 463 g/mol. The van der Waals surface area contributed by atoms with Crippen LogP contribution < -0.4 is 4.72 Å². The van der Waals surface area contributed by atoms with Crippen molar-refractivity contribution in [3.05, 3.63) is 52.8 Å². The van der Waals surface area contributed by atoms with Crippen molar-refractivity contribution in [2.75, 3.05) is 13.1 Å². The Kier molecular flexibility index (Phi) is 7.42. The first kappa shape index (κ1) is 23.3. The third-order valence-corrected chi connectivity index (χ3v) is 7.83. The van der Waals surface area contributed by atoms with Crippen molar-refractivity contribution in [3.8, 4) is 6.07 Å². The smallest absolute Gasteiger partial charge is 0.243 e. The van der Waals surface area contributed by atoms with Crippen molar-refractivity contribution in [2.45, 2.75) is 50.6 Å². The van der Waals surface area contributed by atoms with Gasteiger partial charge in [0.05, 0.1) is 5.02 Å². The quantitative estimate of drug-likeness (QED) is 0.682. The largest absolute Gasteiger partial charge is 0.341 e. The molecule has 0 saturated carbocycles. The van der Waals surface area contributed by atoms with E-state index in [0.717, 1.165) is 12.8 Å². The highest BCUT2D eigenvalue weighted by Gasteiger charge is 2.32. The van der Waals surface area contributed by atoms with Gasteiger partial charge < -0.3 is 9.47 Å². The number of benzene rings is 1. The fourth-order valence-corrected chi connectivity index (χ4v) is 5.92. The number of hydrogen-bond donors (Lipinski definition) is 1. The van der Waals surface area contributed by atoms with Gasteiger partial charge in [-0.1, -0.05) is 30.7 Å². The molecule has 0 radical (unpaired) electrons. The molecule has 1 saturated heterocycles. The Labute approximate surface area is 188 Å². The molecule has 1 aliphatic rings. The third-order valence-electron chi connectivity index (χ3n) is 5.73. The summed E-state index contributed by atoms with van der Waals surface area (Å²) in [6.45, 7) is 5.37. The van der Waals surface area contributed by atoms with Crippen LogP contribution in [0.2, 0.25) is 5.02 Å². The lowest BCUT2D eigenvalue weighted by Crippen LogP contribution is -2.51. The van der Waals surface area contributed by atoms with E-state index < -0.39 is 16.1 Å². The molecule has 1 aromatic carbocycles. The molecule has 1 N–H and O–H groups in total. The lowest BCUT2D eigenvalue weighted by Gasteiger charge is -2.33. The van der Waals surface area contributed by atoms with Crippen LogP contribution in [0, 0.1) is 24.2 Å². The van der Waals surface area contributed by atoms with E-state index in [1.165, 1.54) is 6.07 Å². The van der Waals surface area contributed by atoms with Crippen molar-refractivity contribution in [1.29, 1.82) is 5.26 Å². The third kappa shape index (κ3) is 5.48. The summed E-state index contributed by atoms with van der Waals surface area (Å²) in [5.74, 6) is 0.300. The Morgan fingerprint density at radius 2 is 2.00 bits per heavy atom. The van der Waals surface area contributed by atoms with E-state index in [2.05, 4.69) is 17.7 Å². The molecule has 9 heteroatoms. The molecule has 1 unspecified atom stereocenters. The summed E-state index contributed by atoms with van der Waals surface area (Å²) in [6, 6.07) is 9.44. The molecule has 1 fully saturated rings. The van der Waals surface area contributed by atoms with Crippen molar-refractivity contribution >= 4 is 27.5 Å². The Morgan fingerprint density at radius 1 is 1.29 bits per heavy atom. The first-order valence-corrected chi connectivity index (χ1v) is 12.2. The van der Waals surface area contributed by atoms with Crippen LogP contribution in [0.25, 0.3) is 0 Å². The van der Waals surface area contributed by atoms with E-state index >= 15 is 0 Å². The van der Waals surface area contributed by atoms with Gasteiger partial charge in [-0.15, -0.1) is 0 Å². The van der Waals surface area contributed by atoms with E-state index in [1.54, 1.807) is 46.9 Å². The van der Waals surface area contributed by atoms with E-state index in [-0.39, 0.29) is 22.2 Å². The van der Waals surface area contributed by atoms with E-state index in [4.69, 9.17) is 11.6 Å². The van der Waals surface area contributed by atoms with Gasteiger partial charge >= 0.3 is 0 Å². The molecule has 0 bridgehead atoms. The number of carbonyl (C=O) groups is 1. The minimum absolute atomic E-state index is 0.0135. The zero-order chi connectivity index (χ0) is 22.6. The minimum atomic E-state index is -4.03. The van der Waals surface area contributed by atoms with Gasteiger partial charge in [0.1, 0.15) is 22.7 Å². The lowest BCUT2D eigenvalue weighted by atomic mass is 9.98. The Bertz CT molecular complexity index is 1060. The van der Waals surface area contributed by atoms with Gasteiger partial charge in [-0.3, -0.25) is 4.79 Å². The maximum absolute atomic E-state index is 13.3. The van der Waals surface area contributed by atoms with Crippen LogP contribution in [0.3, 0.4) is 0 Å². The van der Waals surface area contributed by atoms with E-state index in [1.807, 2.05) is 0 Å². The number of piperidine rings is 1. The number of nitrogens with one attached hydrogen (secondary N) is 1. The summed E-state index contributed by atoms with van der Waals surface area (Å²) in [5.41, 5.74) is 0.970. The van der Waals surface area contributed by atoms with E-state index in [0.29, 0.717) is 36.8 Å². The van der Waals surface area contributed by atoms with Crippen LogP contribution in [-0.2, 0) is 21.4 Å². The maximum Gasteiger partial charge on any atom is 0.243 e. The van der Waals surface area contributed by atoms with Gasteiger partial charge in [0, 0.05) is 25.8 Å². The zero-order valence-corrected chi connectivity index (χ0v) is 19.3. The predicted molar refractivity (Wildman–Crippen MR) is 119 cm³/mol. The molecule has 0 spiro atoms. The van der Waals surface area contributed by atoms with Crippen LogP contribution in [0.1, 0.15) is 37.4 Å². The molecule has 1 atom stereocenters. The number of rotatable bonds is 7. The fraction of sp³-hybridized carbons (Fsp3) is 0.455. The van der Waals surface area contributed by atoms with Gasteiger partial charge in [0.25, 0.3) is 0 Å². The Morgan fingerprint density at radius 3 is 2.65 bits per heavy atom. The number of aryl methyl sites for hydroxylation is 2. The minimum Gasteiger partial charge on any atom is -0.341 e. The topological polar surface area (TPSA) is 95.2 Å². The number of aromatic nitrogens is 1. The molecule has 31 heavy (non-hydrogen) atoms. The van der Waals surface area contributed by atoms with E-state index in [9.17, 15) is 18.5 Å². The van der Waals surface area contributed by atoms with Crippen LogP contribution in [0.15, 0.2) is 41.4 Å². The molecular formula is C22H27ClN4O3S. The predicted octanol–water partition coefficient (Wildman–Crippen LogP) is 3.32. The second-order valence-corrected chi connectivity index (χ2v) is 10.1. The molecule has 7 nitrogen and oxygen atoms in total. The molecule has 166 valence electrons. The highest BCUT2D eigenvalue weighted by molar-refractivity contribution is 7.89. The highest BCUT2D eigenvalue weighted by atomic mass is 35.5. The summed E-state index contributed by atoms with van der Waals surface area (Å²) in [4.78, 5) is 15.0. The van der Waals surface area contributed by atoms with Crippen LogP contribution >= 0.6 is 11.6 Å². The molecule has 2 aromatic rings. The van der Waals surface area contributed by atoms with Crippen molar-refractivity contribution in [2.24, 2.45) is 5.92 Å². The lowest BCUT2D eigenvalue weighted by molar-refractivity contribution is -0.134. The summed E-state index contributed by atoms with van der Waals surface area (Å²) in [5, 5.41) is 9.35. The number of halogens is 1. The highest BCUT2D eigenvalue weighted by Crippen LogP contribution is 2.25. The maximum atomic E-state index is 13.3. The molecule has 1 aromatic heterocycles. The van der Waals surface area contributed by atoms with Crippen molar-refractivity contribution in [1.82, 2.24) is 14.2 Å². The number of likely N-dealkylation sites (tertiary alicyclic amines) is 1. The number of sulfonamides is 1. The standard InChI is InChI=1S/C22H27ClN4O3S/c1-16-8-12-27(13-9-16)22(28)20(10-14-26-11-4-6-18(26)15-24)25-31(29,30)21-17(2)5-3-7-19(21)23/h3-7,11,16,20,25H,8-10,12-14H2,1-2H3. The summed E-state index contributed by atoms with van der Waals surface area (Å²) < 4.78 is 30.7. The van der Waals surface area contributed by atoms with Gasteiger partial charge in [-0.05, 0) is 55.9 Å². The number of amides is 1. The second-order valence-electron chi connectivity index (χ2n) is 8.05. The van der Waals surface area contributed by atoms with Crippen LogP contribution in [0.5, 0.6) is 0 Å². The number of hydrogen-bond acceptors (Lipinski definition) is 4. The molecule has 2 heterocycles. The SMILES string of the molecule is Cc1cccc(Cl)c1S(=O)(=O)NC(CCn1cccc1C#N)C(=O)N1CCC(C)CC1. The molecule has 0 aliphatic carbocycles. The Balaban J connectivity index is 1.86. The van der Waals surface area contributed by atoms with Gasteiger partial charge in [-0.2, -0.15) is 9.98 Å². The number of nitriles is 1. The van der Waals surface area contributed by atoms with Crippen LogP contribution in [-0.4, -0.2) is 42.9 Å². The molecule has 3 rings (SSSR count). The van der Waals surface area contributed by atoms with Gasteiger partial charge in [0.15, 0.2) is 0 Å². The fourth-order valence-electron chi connectivity index (χ4n) is 3.86. The van der Waals surface area contributed by atoms with Gasteiger partial charge in [-0.25, -0.2) is 8.42 Å². The van der Waals surface area contributed by atoms with Crippen molar-refractivity contribution in [3.63, 3.8) is 0 Å². The van der Waals surface area contributed by atoms with Crippen molar-refractivity contribution < 1.29 is 13.2 Å². The summed E-state index contributed by atoms with van der Waals surface area (Å²) in [6.07, 6.45) is 3.75. The second kappa shape index (κ2) is 9.86. The molecule has 1 aliphatic heterocycles. The first-order valence-electron chi connectivity index (χ1n) is 10.3. The average Bonchev–Trinajstić information content (AvgIpc) is 3.18. The molecule has 1 amide bonds. The Hall–Kier alpha value is -2.34. The summed E-state index contributed by atoms with van der Waals surface area (Å²) in [7, 11) is -4.03. The normalized spacial score (nSPS) is 16.1. The number of carbonyl (C=O) groups excluding carboxylic acids is 1. The number of nitrogens with zero attached hydrogens (tertiary/aromatic N) is 3. The molecular weight excluding hydrogens is 436 g/mol. The first-order chi connectivity index (χ1) is 14.7. The van der Waals surface area contributed by atoms with Gasteiger partial charge in [0.2, 0.25) is 15.9 Å². The monoisotopic (exact) mass is 462 g/mol. The summed E-state index contributed by atoms with van der Waals surface area (Å²) >= 11 is 6.18.